The lowest BCUT2D eigenvalue weighted by Crippen LogP contribution is -2.40. The summed E-state index contributed by atoms with van der Waals surface area (Å²) >= 11 is 0. The lowest BCUT2D eigenvalue weighted by molar-refractivity contribution is -0.163. The predicted octanol–water partition coefficient (Wildman–Crippen LogP) is 1.78. The van der Waals surface area contributed by atoms with Crippen LogP contribution in [0.25, 0.3) is 0 Å². The third-order valence-electron chi connectivity index (χ3n) is 3.10. The van der Waals surface area contributed by atoms with Crippen molar-refractivity contribution in [2.24, 2.45) is 11.7 Å². The van der Waals surface area contributed by atoms with Gasteiger partial charge in [0.05, 0.1) is 13.2 Å². The second-order valence-corrected chi connectivity index (χ2v) is 6.17. The molecule has 0 bridgehead atoms. The van der Waals surface area contributed by atoms with Gasteiger partial charge in [-0.25, -0.2) is 0 Å². The van der Waals surface area contributed by atoms with Crippen molar-refractivity contribution in [3.8, 4) is 0 Å². The molecule has 0 saturated carbocycles. The molecule has 2 atom stereocenters. The topological polar surface area (TPSA) is 95.7 Å². The zero-order chi connectivity index (χ0) is 17.6. The van der Waals surface area contributed by atoms with Gasteiger partial charge in [-0.1, -0.05) is 30.3 Å². The van der Waals surface area contributed by atoms with E-state index in [4.69, 9.17) is 10.5 Å². The molecule has 1 rings (SSSR count). The number of esters is 2. The first kappa shape index (κ1) is 18.8. The third-order valence-corrected chi connectivity index (χ3v) is 3.10. The van der Waals surface area contributed by atoms with Crippen LogP contribution < -0.4 is 5.73 Å². The van der Waals surface area contributed by atoms with Gasteiger partial charge in [-0.05, 0) is 26.3 Å². The SMILES string of the molecule is COC(=O)CC(=O)C(C(=O)OC(C)(C)C)C(N)c1ccccc1. The fraction of sp³-hybridized carbons (Fsp3) is 0.471. The summed E-state index contributed by atoms with van der Waals surface area (Å²) in [5, 5.41) is 0. The number of methoxy groups -OCH3 is 1. The molecular weight excluding hydrogens is 298 g/mol. The van der Waals surface area contributed by atoms with Crippen molar-refractivity contribution in [2.45, 2.75) is 38.8 Å². The molecule has 0 saturated heterocycles. The molecule has 23 heavy (non-hydrogen) atoms. The Morgan fingerprint density at radius 1 is 1.13 bits per heavy atom. The van der Waals surface area contributed by atoms with Crippen LogP contribution in [0.15, 0.2) is 30.3 Å². The highest BCUT2D eigenvalue weighted by Crippen LogP contribution is 2.25. The molecule has 0 aromatic heterocycles. The predicted molar refractivity (Wildman–Crippen MR) is 84.3 cm³/mol. The number of ether oxygens (including phenoxy) is 2. The van der Waals surface area contributed by atoms with E-state index in [0.29, 0.717) is 5.56 Å². The lowest BCUT2D eigenvalue weighted by Gasteiger charge is -2.26. The van der Waals surface area contributed by atoms with Crippen LogP contribution in [0.3, 0.4) is 0 Å². The van der Waals surface area contributed by atoms with Crippen molar-refractivity contribution < 1.29 is 23.9 Å². The Kier molecular flexibility index (Phi) is 6.45. The van der Waals surface area contributed by atoms with Gasteiger partial charge in [0.2, 0.25) is 0 Å². The van der Waals surface area contributed by atoms with Crippen LogP contribution in [0.5, 0.6) is 0 Å². The molecule has 0 fully saturated rings. The first-order valence-electron chi connectivity index (χ1n) is 7.28. The Morgan fingerprint density at radius 3 is 2.17 bits per heavy atom. The maximum atomic E-state index is 12.4. The monoisotopic (exact) mass is 321 g/mol. The second kappa shape index (κ2) is 7.87. The Bertz CT molecular complexity index is 562. The van der Waals surface area contributed by atoms with Gasteiger partial charge in [0.25, 0.3) is 0 Å². The van der Waals surface area contributed by atoms with Gasteiger partial charge in [-0.2, -0.15) is 0 Å². The number of ketones is 1. The van der Waals surface area contributed by atoms with Crippen LogP contribution in [0.4, 0.5) is 0 Å². The number of rotatable bonds is 6. The van der Waals surface area contributed by atoms with Crippen LogP contribution in [-0.4, -0.2) is 30.4 Å². The van der Waals surface area contributed by atoms with E-state index >= 15 is 0 Å². The number of carbonyl (C=O) groups excluding carboxylic acids is 3. The first-order valence-corrected chi connectivity index (χ1v) is 7.28. The summed E-state index contributed by atoms with van der Waals surface area (Å²) < 4.78 is 9.77. The fourth-order valence-electron chi connectivity index (χ4n) is 2.04. The number of carbonyl (C=O) groups is 3. The third kappa shape index (κ3) is 5.83. The van der Waals surface area contributed by atoms with Gasteiger partial charge < -0.3 is 15.2 Å². The lowest BCUT2D eigenvalue weighted by atomic mass is 9.88. The number of hydrogen-bond acceptors (Lipinski definition) is 6. The van der Waals surface area contributed by atoms with E-state index in [1.807, 2.05) is 0 Å². The number of hydrogen-bond donors (Lipinski definition) is 1. The fourth-order valence-corrected chi connectivity index (χ4v) is 2.04. The van der Waals surface area contributed by atoms with E-state index in [1.54, 1.807) is 51.1 Å². The quantitative estimate of drug-likeness (QED) is 0.634. The molecular formula is C17H23NO5. The van der Waals surface area contributed by atoms with Crippen molar-refractivity contribution in [3.63, 3.8) is 0 Å². The van der Waals surface area contributed by atoms with Gasteiger partial charge in [0.15, 0.2) is 5.78 Å². The van der Waals surface area contributed by atoms with Crippen LogP contribution in [0.1, 0.15) is 38.8 Å². The zero-order valence-corrected chi connectivity index (χ0v) is 13.9. The van der Waals surface area contributed by atoms with Gasteiger partial charge in [-0.3, -0.25) is 14.4 Å². The van der Waals surface area contributed by atoms with Gasteiger partial charge in [0, 0.05) is 0 Å². The molecule has 1 aromatic rings. The molecule has 6 nitrogen and oxygen atoms in total. The van der Waals surface area contributed by atoms with Crippen LogP contribution >= 0.6 is 0 Å². The number of Topliss-reactive ketones (excluding diaryl/α,β-unsaturated/α-hetero) is 1. The Balaban J connectivity index is 3.07. The number of benzene rings is 1. The standard InChI is InChI=1S/C17H23NO5/c1-17(2,3)23-16(21)14(12(19)10-13(20)22-4)15(18)11-8-6-5-7-9-11/h5-9,14-15H,10,18H2,1-4H3. The van der Waals surface area contributed by atoms with Crippen LogP contribution in [0.2, 0.25) is 0 Å². The summed E-state index contributed by atoms with van der Waals surface area (Å²) in [6, 6.07) is 7.84. The molecule has 0 radical (unpaired) electrons. The van der Waals surface area contributed by atoms with Crippen molar-refractivity contribution in [3.05, 3.63) is 35.9 Å². The molecule has 0 heterocycles. The number of nitrogens with two attached hydrogens (primary N) is 1. The molecule has 0 aliphatic heterocycles. The Labute approximate surface area is 135 Å². The van der Waals surface area contributed by atoms with Crippen molar-refractivity contribution in [2.75, 3.05) is 7.11 Å². The molecule has 6 heteroatoms. The minimum atomic E-state index is -1.27. The van der Waals surface area contributed by atoms with E-state index < -0.39 is 41.7 Å². The van der Waals surface area contributed by atoms with Gasteiger partial charge in [0.1, 0.15) is 17.9 Å². The van der Waals surface area contributed by atoms with E-state index in [9.17, 15) is 14.4 Å². The minimum absolute atomic E-state index is 0.527. The largest absolute Gasteiger partial charge is 0.469 e. The van der Waals surface area contributed by atoms with E-state index in [0.717, 1.165) is 0 Å². The summed E-state index contributed by atoms with van der Waals surface area (Å²) in [5.41, 5.74) is 5.95. The molecule has 1 aromatic carbocycles. The van der Waals surface area contributed by atoms with Crippen LogP contribution in [0, 0.1) is 5.92 Å². The van der Waals surface area contributed by atoms with Crippen molar-refractivity contribution in [1.29, 1.82) is 0 Å². The first-order chi connectivity index (χ1) is 10.7. The smallest absolute Gasteiger partial charge is 0.318 e. The van der Waals surface area contributed by atoms with E-state index in [1.165, 1.54) is 7.11 Å². The molecule has 0 amide bonds. The second-order valence-electron chi connectivity index (χ2n) is 6.17. The molecule has 2 unspecified atom stereocenters. The minimum Gasteiger partial charge on any atom is -0.469 e. The Hall–Kier alpha value is -2.21. The highest BCUT2D eigenvalue weighted by Gasteiger charge is 2.37. The van der Waals surface area contributed by atoms with Crippen molar-refractivity contribution >= 4 is 17.7 Å². The molecule has 0 aliphatic rings. The summed E-state index contributed by atoms with van der Waals surface area (Å²) in [6.07, 6.45) is -0.527. The molecule has 0 spiro atoms. The van der Waals surface area contributed by atoms with Gasteiger partial charge >= 0.3 is 11.9 Å². The maximum Gasteiger partial charge on any atom is 0.318 e. The normalized spacial score (nSPS) is 13.8. The van der Waals surface area contributed by atoms with Gasteiger partial charge in [-0.15, -0.1) is 0 Å². The summed E-state index contributed by atoms with van der Waals surface area (Å²) in [4.78, 5) is 36.1. The zero-order valence-electron chi connectivity index (χ0n) is 13.9. The summed E-state index contributed by atoms with van der Waals surface area (Å²) in [6.45, 7) is 5.09. The molecule has 2 N–H and O–H groups in total. The maximum absolute atomic E-state index is 12.4. The Morgan fingerprint density at radius 2 is 1.70 bits per heavy atom. The highest BCUT2D eigenvalue weighted by atomic mass is 16.6. The summed E-state index contributed by atoms with van der Waals surface area (Å²) in [7, 11) is 1.18. The average molecular weight is 321 g/mol. The van der Waals surface area contributed by atoms with E-state index in [2.05, 4.69) is 4.74 Å². The molecule has 0 aliphatic carbocycles. The molecule has 126 valence electrons. The van der Waals surface area contributed by atoms with Crippen molar-refractivity contribution in [1.82, 2.24) is 0 Å². The highest BCUT2D eigenvalue weighted by molar-refractivity contribution is 6.06. The van der Waals surface area contributed by atoms with Crippen LogP contribution in [-0.2, 0) is 23.9 Å². The average Bonchev–Trinajstić information content (AvgIpc) is 2.46. The van der Waals surface area contributed by atoms with E-state index in [-0.39, 0.29) is 0 Å². The summed E-state index contributed by atoms with van der Waals surface area (Å²) in [5.74, 6) is -3.36.